The maximum absolute atomic E-state index is 13.3. The van der Waals surface area contributed by atoms with Gasteiger partial charge in [0.05, 0.1) is 11.3 Å². The molecule has 1 aromatic heterocycles. The number of aromatic nitrogens is 1. The summed E-state index contributed by atoms with van der Waals surface area (Å²) in [6.45, 7) is 3.06. The van der Waals surface area contributed by atoms with Crippen LogP contribution in [-0.2, 0) is 4.79 Å². The topological polar surface area (TPSA) is 66.7 Å². The molecule has 0 bridgehead atoms. The van der Waals surface area contributed by atoms with Crippen molar-refractivity contribution < 1.29 is 14.0 Å². The number of rotatable bonds is 5. The molecule has 7 heteroatoms. The molecule has 2 aromatic carbocycles. The minimum absolute atomic E-state index is 0.0396. The number of piperidine rings is 1. The van der Waals surface area contributed by atoms with E-state index < -0.39 is 0 Å². The van der Waals surface area contributed by atoms with Crippen LogP contribution in [-0.4, -0.2) is 58.5 Å². The minimum atomic E-state index is 0.0396. The Morgan fingerprint density at radius 2 is 1.66 bits per heavy atom. The van der Waals surface area contributed by atoms with Crippen LogP contribution in [0.3, 0.4) is 0 Å². The van der Waals surface area contributed by atoms with Gasteiger partial charge in [0.2, 0.25) is 5.91 Å². The fourth-order valence-electron chi connectivity index (χ4n) is 4.53. The zero-order valence-electron chi connectivity index (χ0n) is 18.0. The molecular formula is C25H27N3O3S. The van der Waals surface area contributed by atoms with Crippen LogP contribution in [0, 0.1) is 0 Å². The van der Waals surface area contributed by atoms with Crippen LogP contribution >= 0.6 is 11.8 Å². The summed E-state index contributed by atoms with van der Waals surface area (Å²) in [4.78, 5) is 35.1. The van der Waals surface area contributed by atoms with Crippen LogP contribution in [0.1, 0.15) is 47.8 Å². The van der Waals surface area contributed by atoms with Crippen LogP contribution in [0.2, 0.25) is 0 Å². The number of carbonyl (C=O) groups excluding carboxylic acids is 2. The molecule has 0 spiro atoms. The summed E-state index contributed by atoms with van der Waals surface area (Å²) in [6.07, 6.45) is 3.85. The molecular weight excluding hydrogens is 422 g/mol. The molecule has 2 fully saturated rings. The van der Waals surface area contributed by atoms with Crippen LogP contribution in [0.25, 0.3) is 11.1 Å². The highest BCUT2D eigenvalue weighted by molar-refractivity contribution is 8.00. The van der Waals surface area contributed by atoms with Gasteiger partial charge < -0.3 is 14.2 Å². The van der Waals surface area contributed by atoms with Gasteiger partial charge in [-0.3, -0.25) is 9.59 Å². The van der Waals surface area contributed by atoms with Crippen molar-refractivity contribution in [1.82, 2.24) is 14.8 Å². The van der Waals surface area contributed by atoms with E-state index in [2.05, 4.69) is 4.98 Å². The fraction of sp³-hybridized carbons (Fsp3) is 0.400. The number of hydrogen-bond acceptors (Lipinski definition) is 5. The van der Waals surface area contributed by atoms with Crippen molar-refractivity contribution in [1.29, 1.82) is 0 Å². The number of nitrogens with zero attached hydrogens (tertiary/aromatic N) is 3. The Morgan fingerprint density at radius 1 is 0.938 bits per heavy atom. The average Bonchev–Trinajstić information content (AvgIpc) is 3.53. The molecule has 0 radical (unpaired) electrons. The normalized spacial score (nSPS) is 17.2. The van der Waals surface area contributed by atoms with E-state index in [0.29, 0.717) is 24.4 Å². The maximum atomic E-state index is 13.3. The van der Waals surface area contributed by atoms with E-state index in [4.69, 9.17) is 4.42 Å². The van der Waals surface area contributed by atoms with Crippen molar-refractivity contribution in [3.63, 3.8) is 0 Å². The van der Waals surface area contributed by atoms with Crippen molar-refractivity contribution in [3.8, 4) is 0 Å². The van der Waals surface area contributed by atoms with Gasteiger partial charge in [-0.25, -0.2) is 4.98 Å². The van der Waals surface area contributed by atoms with Gasteiger partial charge in [0.1, 0.15) is 5.52 Å². The first kappa shape index (κ1) is 21.1. The first-order valence-electron chi connectivity index (χ1n) is 11.3. The van der Waals surface area contributed by atoms with Gasteiger partial charge in [0, 0.05) is 37.0 Å². The molecule has 0 aliphatic carbocycles. The molecule has 2 aliphatic heterocycles. The molecule has 3 heterocycles. The van der Waals surface area contributed by atoms with Crippen molar-refractivity contribution in [2.24, 2.45) is 0 Å². The van der Waals surface area contributed by atoms with Crippen LogP contribution < -0.4 is 0 Å². The number of amides is 2. The van der Waals surface area contributed by atoms with E-state index in [1.165, 1.54) is 11.8 Å². The summed E-state index contributed by atoms with van der Waals surface area (Å²) in [5.41, 5.74) is 2.39. The summed E-state index contributed by atoms with van der Waals surface area (Å²) in [7, 11) is 0. The van der Waals surface area contributed by atoms with Crippen molar-refractivity contribution in [3.05, 3.63) is 60.0 Å². The summed E-state index contributed by atoms with van der Waals surface area (Å²) in [6, 6.07) is 15.5. The largest absolute Gasteiger partial charge is 0.440 e. The van der Waals surface area contributed by atoms with Gasteiger partial charge >= 0.3 is 0 Å². The van der Waals surface area contributed by atoms with E-state index in [9.17, 15) is 9.59 Å². The highest BCUT2D eigenvalue weighted by Crippen LogP contribution is 2.31. The van der Waals surface area contributed by atoms with E-state index in [0.717, 1.165) is 60.7 Å². The molecule has 166 valence electrons. The Bertz CT molecular complexity index is 1080. The predicted molar refractivity (Wildman–Crippen MR) is 125 cm³/mol. The predicted octanol–water partition coefficient (Wildman–Crippen LogP) is 4.56. The molecule has 0 unspecified atom stereocenters. The summed E-state index contributed by atoms with van der Waals surface area (Å²) < 4.78 is 5.95. The Balaban J connectivity index is 1.22. The molecule has 2 aliphatic rings. The molecule has 6 nitrogen and oxygen atoms in total. The van der Waals surface area contributed by atoms with E-state index in [1.54, 1.807) is 0 Å². The molecule has 0 saturated carbocycles. The van der Waals surface area contributed by atoms with Crippen LogP contribution in [0.5, 0.6) is 0 Å². The number of benzene rings is 2. The monoisotopic (exact) mass is 449 g/mol. The number of oxazole rings is 1. The van der Waals surface area contributed by atoms with Crippen molar-refractivity contribution in [2.75, 3.05) is 31.9 Å². The molecule has 2 amide bonds. The zero-order valence-corrected chi connectivity index (χ0v) is 18.9. The molecule has 5 rings (SSSR count). The van der Waals surface area contributed by atoms with Crippen molar-refractivity contribution >= 4 is 34.7 Å². The average molecular weight is 450 g/mol. The summed E-state index contributed by atoms with van der Waals surface area (Å²) >= 11 is 1.47. The Kier molecular flexibility index (Phi) is 6.17. The zero-order chi connectivity index (χ0) is 21.9. The van der Waals surface area contributed by atoms with Gasteiger partial charge in [-0.2, -0.15) is 0 Å². The lowest BCUT2D eigenvalue weighted by Crippen LogP contribution is -2.38. The molecule has 2 saturated heterocycles. The Morgan fingerprint density at radius 3 is 2.44 bits per heavy atom. The molecule has 0 atom stereocenters. The second kappa shape index (κ2) is 9.36. The van der Waals surface area contributed by atoms with Crippen molar-refractivity contribution in [2.45, 2.75) is 36.5 Å². The van der Waals surface area contributed by atoms with Crippen LogP contribution in [0.4, 0.5) is 0 Å². The lowest BCUT2D eigenvalue weighted by molar-refractivity contribution is -0.127. The third-order valence-corrected chi connectivity index (χ3v) is 7.43. The third kappa shape index (κ3) is 4.39. The highest BCUT2D eigenvalue weighted by Gasteiger charge is 2.28. The van der Waals surface area contributed by atoms with Gasteiger partial charge in [-0.15, -0.1) is 11.8 Å². The number of likely N-dealkylation sites (tertiary alicyclic amines) is 2. The van der Waals surface area contributed by atoms with Gasteiger partial charge in [0.25, 0.3) is 5.91 Å². The number of hydrogen-bond donors (Lipinski definition) is 0. The third-order valence-electron chi connectivity index (χ3n) is 6.37. The SMILES string of the molecule is O=C(CSc1ccccc1C(=O)N1CCC(c2nc3ccccc3o2)CC1)N1CCCC1. The number of para-hydroxylation sites is 2. The smallest absolute Gasteiger partial charge is 0.254 e. The Hall–Kier alpha value is -2.80. The Labute approximate surface area is 192 Å². The number of carbonyl (C=O) groups is 2. The fourth-order valence-corrected chi connectivity index (χ4v) is 5.48. The highest BCUT2D eigenvalue weighted by atomic mass is 32.2. The van der Waals surface area contributed by atoms with Gasteiger partial charge in [-0.05, 0) is 49.9 Å². The summed E-state index contributed by atoms with van der Waals surface area (Å²) in [5.74, 6) is 1.58. The van der Waals surface area contributed by atoms with Gasteiger partial charge in [0.15, 0.2) is 11.5 Å². The van der Waals surface area contributed by atoms with Gasteiger partial charge in [-0.1, -0.05) is 24.3 Å². The second-order valence-electron chi connectivity index (χ2n) is 8.46. The maximum Gasteiger partial charge on any atom is 0.254 e. The lowest BCUT2D eigenvalue weighted by atomic mass is 9.96. The van der Waals surface area contributed by atoms with Crippen LogP contribution in [0.15, 0.2) is 57.8 Å². The number of fused-ring (bicyclic) bond motifs is 1. The summed E-state index contributed by atoms with van der Waals surface area (Å²) in [5, 5.41) is 0. The standard InChI is InChI=1S/C25H27N3O3S/c29-23(27-13-5-6-14-27)17-32-22-10-4-1-7-19(22)25(30)28-15-11-18(12-16-28)24-26-20-8-2-3-9-21(20)31-24/h1-4,7-10,18H,5-6,11-17H2. The van der Waals surface area contributed by atoms with E-state index >= 15 is 0 Å². The van der Waals surface area contributed by atoms with E-state index in [-0.39, 0.29) is 17.7 Å². The number of thioether (sulfide) groups is 1. The first-order valence-corrected chi connectivity index (χ1v) is 12.3. The van der Waals surface area contributed by atoms with E-state index in [1.807, 2.05) is 58.3 Å². The molecule has 32 heavy (non-hydrogen) atoms. The lowest BCUT2D eigenvalue weighted by Gasteiger charge is -2.31. The molecule has 3 aromatic rings. The first-order chi connectivity index (χ1) is 15.7. The second-order valence-corrected chi connectivity index (χ2v) is 9.48. The quantitative estimate of drug-likeness (QED) is 0.534. The molecule has 0 N–H and O–H groups in total. The minimum Gasteiger partial charge on any atom is -0.440 e.